The van der Waals surface area contributed by atoms with Gasteiger partial charge in [-0.1, -0.05) is 12.1 Å². The number of hydrogen-bond donors (Lipinski definition) is 2. The Morgan fingerprint density at radius 3 is 2.58 bits per heavy atom. The second-order valence-corrected chi connectivity index (χ2v) is 8.00. The van der Waals surface area contributed by atoms with Gasteiger partial charge in [-0.2, -0.15) is 0 Å². The lowest BCUT2D eigenvalue weighted by Gasteiger charge is -2.42. The molecule has 2 heterocycles. The van der Waals surface area contributed by atoms with Crippen molar-refractivity contribution >= 4 is 34.6 Å². The van der Waals surface area contributed by atoms with Crippen LogP contribution in [0.3, 0.4) is 0 Å². The molecule has 7 heteroatoms. The van der Waals surface area contributed by atoms with E-state index in [9.17, 15) is 4.79 Å². The number of likely N-dealkylation sites (N-methyl/N-ethyl adjacent to an activating group) is 1. The Morgan fingerprint density at radius 2 is 1.84 bits per heavy atom. The van der Waals surface area contributed by atoms with E-state index in [1.54, 1.807) is 11.1 Å². The fourth-order valence-corrected chi connectivity index (χ4v) is 4.09. The molecular formula is C24H28N6O. The smallest absolute Gasteiger partial charge is 0.249 e. The Balaban J connectivity index is 1.66. The molecule has 0 fully saturated rings. The van der Waals surface area contributed by atoms with E-state index in [4.69, 9.17) is 4.98 Å². The largest absolute Gasteiger partial charge is 0.388 e. The second kappa shape index (κ2) is 8.26. The Kier molecular flexibility index (Phi) is 5.50. The molecule has 0 saturated heterocycles. The summed E-state index contributed by atoms with van der Waals surface area (Å²) in [5.74, 6) is 0.624. The normalized spacial score (nSPS) is 15.8. The molecule has 0 spiro atoms. The molecular weight excluding hydrogens is 388 g/mol. The molecule has 1 aliphatic rings. The average molecular weight is 417 g/mol. The number of carbonyl (C=O) groups is 1. The van der Waals surface area contributed by atoms with Gasteiger partial charge in [0.15, 0.2) is 0 Å². The van der Waals surface area contributed by atoms with Crippen LogP contribution in [0.4, 0.5) is 28.7 Å². The van der Waals surface area contributed by atoms with E-state index in [-0.39, 0.29) is 18.0 Å². The van der Waals surface area contributed by atoms with Crippen molar-refractivity contribution in [3.63, 3.8) is 0 Å². The highest BCUT2D eigenvalue weighted by molar-refractivity contribution is 6.05. The van der Waals surface area contributed by atoms with Crippen LogP contribution in [0.2, 0.25) is 0 Å². The van der Waals surface area contributed by atoms with Gasteiger partial charge in [0.2, 0.25) is 11.9 Å². The molecule has 0 saturated carbocycles. The number of carbonyl (C=O) groups excluding carboxylic acids is 1. The molecule has 1 atom stereocenters. The summed E-state index contributed by atoms with van der Waals surface area (Å²) in [4.78, 5) is 25.6. The molecule has 1 amide bonds. The number of aromatic nitrogens is 2. The SMILES string of the molecule is CNc1cccc(-c2ccnc(Nc3ccc4c(c3)N(C(C)C)C(C)C(=O)N4C)n2)c1. The molecule has 4 rings (SSSR count). The van der Waals surface area contributed by atoms with Crippen molar-refractivity contribution in [2.24, 2.45) is 0 Å². The van der Waals surface area contributed by atoms with Crippen molar-refractivity contribution in [2.45, 2.75) is 32.9 Å². The second-order valence-electron chi connectivity index (χ2n) is 8.00. The summed E-state index contributed by atoms with van der Waals surface area (Å²) in [7, 11) is 3.72. The summed E-state index contributed by atoms with van der Waals surface area (Å²) >= 11 is 0. The molecule has 1 aliphatic heterocycles. The first kappa shape index (κ1) is 20.7. The monoisotopic (exact) mass is 416 g/mol. The maximum Gasteiger partial charge on any atom is 0.249 e. The minimum Gasteiger partial charge on any atom is -0.388 e. The third-order valence-electron chi connectivity index (χ3n) is 5.64. The van der Waals surface area contributed by atoms with Crippen molar-refractivity contribution in [1.82, 2.24) is 9.97 Å². The number of benzene rings is 2. The summed E-state index contributed by atoms with van der Waals surface area (Å²) in [6.45, 7) is 6.16. The van der Waals surface area contributed by atoms with Gasteiger partial charge in [-0.3, -0.25) is 4.79 Å². The topological polar surface area (TPSA) is 73.4 Å². The molecule has 3 aromatic rings. The highest BCUT2D eigenvalue weighted by Crippen LogP contribution is 2.39. The lowest BCUT2D eigenvalue weighted by molar-refractivity contribution is -0.119. The van der Waals surface area contributed by atoms with Crippen molar-refractivity contribution in [1.29, 1.82) is 0 Å². The number of fused-ring (bicyclic) bond motifs is 1. The summed E-state index contributed by atoms with van der Waals surface area (Å²) in [6, 6.07) is 16.0. The lowest BCUT2D eigenvalue weighted by atomic mass is 10.0. The van der Waals surface area contributed by atoms with Crippen LogP contribution in [0.5, 0.6) is 0 Å². The van der Waals surface area contributed by atoms with Gasteiger partial charge in [0, 0.05) is 43.3 Å². The summed E-state index contributed by atoms with van der Waals surface area (Å²) < 4.78 is 0. The van der Waals surface area contributed by atoms with Crippen LogP contribution in [-0.2, 0) is 4.79 Å². The molecule has 31 heavy (non-hydrogen) atoms. The van der Waals surface area contributed by atoms with Crippen LogP contribution in [0, 0.1) is 0 Å². The number of amides is 1. The molecule has 0 aliphatic carbocycles. The quantitative estimate of drug-likeness (QED) is 0.638. The predicted octanol–water partition coefficient (Wildman–Crippen LogP) is 4.51. The van der Waals surface area contributed by atoms with Gasteiger partial charge in [-0.15, -0.1) is 0 Å². The van der Waals surface area contributed by atoms with E-state index >= 15 is 0 Å². The van der Waals surface area contributed by atoms with Crippen LogP contribution in [0.15, 0.2) is 54.7 Å². The number of hydrogen-bond acceptors (Lipinski definition) is 6. The van der Waals surface area contributed by atoms with Crippen LogP contribution >= 0.6 is 0 Å². The zero-order valence-corrected chi connectivity index (χ0v) is 18.5. The predicted molar refractivity (Wildman–Crippen MR) is 127 cm³/mol. The van der Waals surface area contributed by atoms with Gasteiger partial charge >= 0.3 is 0 Å². The van der Waals surface area contributed by atoms with Crippen molar-refractivity contribution in [2.75, 3.05) is 34.5 Å². The maximum atomic E-state index is 12.6. The van der Waals surface area contributed by atoms with Gasteiger partial charge in [0.05, 0.1) is 17.1 Å². The fraction of sp³-hybridized carbons (Fsp3) is 0.292. The first-order valence-corrected chi connectivity index (χ1v) is 10.5. The van der Waals surface area contributed by atoms with E-state index < -0.39 is 0 Å². The standard InChI is InChI=1S/C24H28N6O/c1-15(2)30-16(3)23(31)29(5)21-10-9-19(14-22(21)30)27-24-26-12-11-20(28-24)17-7-6-8-18(13-17)25-4/h6-16,25H,1-5H3,(H,26,27,28). The first-order chi connectivity index (χ1) is 14.9. The highest BCUT2D eigenvalue weighted by atomic mass is 16.2. The molecule has 7 nitrogen and oxygen atoms in total. The molecule has 2 N–H and O–H groups in total. The number of nitrogens with one attached hydrogen (secondary N) is 2. The number of nitrogens with zero attached hydrogens (tertiary/aromatic N) is 4. The van der Waals surface area contributed by atoms with Crippen molar-refractivity contribution in [3.05, 3.63) is 54.7 Å². The third-order valence-corrected chi connectivity index (χ3v) is 5.64. The molecule has 160 valence electrons. The van der Waals surface area contributed by atoms with E-state index in [0.29, 0.717) is 5.95 Å². The Morgan fingerprint density at radius 1 is 1.03 bits per heavy atom. The van der Waals surface area contributed by atoms with Gasteiger partial charge in [0.25, 0.3) is 0 Å². The Hall–Kier alpha value is -3.61. The first-order valence-electron chi connectivity index (χ1n) is 10.5. The minimum atomic E-state index is -0.216. The average Bonchev–Trinajstić information content (AvgIpc) is 2.77. The molecule has 1 aromatic heterocycles. The van der Waals surface area contributed by atoms with Crippen molar-refractivity contribution in [3.8, 4) is 11.3 Å². The van der Waals surface area contributed by atoms with Crippen molar-refractivity contribution < 1.29 is 4.79 Å². The van der Waals surface area contributed by atoms with Gasteiger partial charge < -0.3 is 20.4 Å². The molecule has 0 radical (unpaired) electrons. The van der Waals surface area contributed by atoms with E-state index in [1.165, 1.54) is 0 Å². The Labute approximate surface area is 183 Å². The van der Waals surface area contributed by atoms with E-state index in [0.717, 1.165) is 34.0 Å². The summed E-state index contributed by atoms with van der Waals surface area (Å²) in [5.41, 5.74) is 5.69. The zero-order valence-electron chi connectivity index (χ0n) is 18.5. The third kappa shape index (κ3) is 3.91. The van der Waals surface area contributed by atoms with Crippen LogP contribution in [0.25, 0.3) is 11.3 Å². The zero-order chi connectivity index (χ0) is 22.1. The van der Waals surface area contributed by atoms with Gasteiger partial charge in [-0.25, -0.2) is 9.97 Å². The van der Waals surface area contributed by atoms with Crippen LogP contribution in [-0.4, -0.2) is 42.1 Å². The molecule has 2 aromatic carbocycles. The fourth-order valence-electron chi connectivity index (χ4n) is 4.09. The number of rotatable bonds is 5. The van der Waals surface area contributed by atoms with Crippen LogP contribution < -0.4 is 20.4 Å². The lowest BCUT2D eigenvalue weighted by Crippen LogP contribution is -2.53. The summed E-state index contributed by atoms with van der Waals surface area (Å²) in [5, 5.41) is 6.48. The van der Waals surface area contributed by atoms with E-state index in [1.807, 2.05) is 57.4 Å². The highest BCUT2D eigenvalue weighted by Gasteiger charge is 2.34. The maximum absolute atomic E-state index is 12.6. The number of anilines is 5. The molecule has 1 unspecified atom stereocenters. The summed E-state index contributed by atoms with van der Waals surface area (Å²) in [6.07, 6.45) is 1.75. The van der Waals surface area contributed by atoms with Gasteiger partial charge in [-0.05, 0) is 57.2 Å². The van der Waals surface area contributed by atoms with Gasteiger partial charge in [0.1, 0.15) is 6.04 Å². The van der Waals surface area contributed by atoms with Crippen LogP contribution in [0.1, 0.15) is 20.8 Å². The minimum absolute atomic E-state index is 0.0988. The van der Waals surface area contributed by atoms with E-state index in [2.05, 4.69) is 46.5 Å². The molecule has 0 bridgehead atoms. The Bertz CT molecular complexity index is 1110.